The predicted molar refractivity (Wildman–Crippen MR) is 68.0 cm³/mol. The van der Waals surface area contributed by atoms with E-state index in [1.54, 1.807) is 6.20 Å². The Morgan fingerprint density at radius 2 is 2.24 bits per heavy atom. The molecule has 90 valence electrons. The van der Waals surface area contributed by atoms with Crippen LogP contribution in [0.4, 0.5) is 5.82 Å². The summed E-state index contributed by atoms with van der Waals surface area (Å²) in [4.78, 5) is 16.0. The summed E-state index contributed by atoms with van der Waals surface area (Å²) in [6, 6.07) is 3.78. The molecule has 0 saturated carbocycles. The van der Waals surface area contributed by atoms with Crippen molar-refractivity contribution in [2.45, 2.75) is 33.6 Å². The Balaban J connectivity index is 2.21. The van der Waals surface area contributed by atoms with E-state index >= 15 is 0 Å². The Morgan fingerprint density at radius 1 is 1.47 bits per heavy atom. The summed E-state index contributed by atoms with van der Waals surface area (Å²) in [6.45, 7) is 6.23. The molecule has 1 aliphatic rings. The fourth-order valence-corrected chi connectivity index (χ4v) is 1.88. The fraction of sp³-hybridized carbons (Fsp3) is 0.462. The van der Waals surface area contributed by atoms with E-state index in [2.05, 4.69) is 23.9 Å². The molecule has 2 heterocycles. The lowest BCUT2D eigenvalue weighted by molar-refractivity contribution is -0.116. The van der Waals surface area contributed by atoms with Crippen LogP contribution >= 0.6 is 0 Å². The predicted octanol–water partition coefficient (Wildman–Crippen LogP) is 2.53. The van der Waals surface area contributed by atoms with Crippen molar-refractivity contribution in [3.63, 3.8) is 0 Å². The third-order valence-electron chi connectivity index (χ3n) is 2.59. The number of hydrogen-bond donors (Lipinski definition) is 0. The van der Waals surface area contributed by atoms with E-state index in [1.807, 2.05) is 19.1 Å². The molecule has 0 N–H and O–H groups in total. The lowest BCUT2D eigenvalue weighted by Crippen LogP contribution is -2.20. The summed E-state index contributed by atoms with van der Waals surface area (Å²) in [5, 5.41) is 5.78. The highest BCUT2D eigenvalue weighted by Crippen LogP contribution is 2.21. The number of rotatable bonds is 3. The van der Waals surface area contributed by atoms with Crippen LogP contribution in [0.25, 0.3) is 0 Å². The molecule has 0 aromatic carbocycles. The highest BCUT2D eigenvalue weighted by molar-refractivity contribution is 6.12. The molecule has 4 heteroatoms. The minimum Gasteiger partial charge on any atom is -0.272 e. The Hall–Kier alpha value is -1.71. The summed E-state index contributed by atoms with van der Waals surface area (Å²) in [6.07, 6.45) is 3.00. The van der Waals surface area contributed by atoms with E-state index in [1.165, 1.54) is 5.01 Å². The van der Waals surface area contributed by atoms with Crippen molar-refractivity contribution in [2.24, 2.45) is 11.0 Å². The average Bonchev–Trinajstić information content (AvgIpc) is 2.58. The van der Waals surface area contributed by atoms with Crippen molar-refractivity contribution in [2.75, 3.05) is 5.01 Å². The van der Waals surface area contributed by atoms with Crippen LogP contribution in [0, 0.1) is 12.8 Å². The molecule has 17 heavy (non-hydrogen) atoms. The zero-order valence-electron chi connectivity index (χ0n) is 10.5. The second-order valence-electron chi connectivity index (χ2n) is 4.84. The van der Waals surface area contributed by atoms with Crippen molar-refractivity contribution < 1.29 is 4.79 Å². The van der Waals surface area contributed by atoms with Crippen LogP contribution in [0.3, 0.4) is 0 Å². The third-order valence-corrected chi connectivity index (χ3v) is 2.59. The first-order valence-electron chi connectivity index (χ1n) is 5.88. The molecule has 0 fully saturated rings. The number of amides is 1. The van der Waals surface area contributed by atoms with Gasteiger partial charge < -0.3 is 0 Å². The van der Waals surface area contributed by atoms with Crippen molar-refractivity contribution in [3.8, 4) is 0 Å². The van der Waals surface area contributed by atoms with Gasteiger partial charge in [0.15, 0.2) is 5.82 Å². The maximum Gasteiger partial charge on any atom is 0.254 e. The lowest BCUT2D eigenvalue weighted by atomic mass is 10.1. The highest BCUT2D eigenvalue weighted by atomic mass is 16.2. The SMILES string of the molecule is Cc1ccnc(N2N=C(CC(C)C)CC2=O)c1. The minimum atomic E-state index is 0.0127. The number of hydrazone groups is 1. The summed E-state index contributed by atoms with van der Waals surface area (Å²) in [5.74, 6) is 1.15. The molecule has 0 atom stereocenters. The van der Waals surface area contributed by atoms with Crippen LogP contribution in [0.15, 0.2) is 23.4 Å². The molecule has 0 saturated heterocycles. The van der Waals surface area contributed by atoms with Crippen molar-refractivity contribution >= 4 is 17.4 Å². The summed E-state index contributed by atoms with van der Waals surface area (Å²) in [7, 11) is 0. The van der Waals surface area contributed by atoms with Gasteiger partial charge in [-0.2, -0.15) is 10.1 Å². The van der Waals surface area contributed by atoms with Gasteiger partial charge in [-0.3, -0.25) is 4.79 Å². The van der Waals surface area contributed by atoms with E-state index in [-0.39, 0.29) is 5.91 Å². The normalized spacial score (nSPS) is 15.6. The molecule has 1 amide bonds. The third kappa shape index (κ3) is 2.70. The van der Waals surface area contributed by atoms with Crippen molar-refractivity contribution in [1.82, 2.24) is 4.98 Å². The monoisotopic (exact) mass is 231 g/mol. The molecule has 0 aliphatic carbocycles. The lowest BCUT2D eigenvalue weighted by Gasteiger charge is -2.10. The number of pyridine rings is 1. The number of hydrogen-bond acceptors (Lipinski definition) is 3. The van der Waals surface area contributed by atoms with Gasteiger partial charge in [-0.1, -0.05) is 13.8 Å². The van der Waals surface area contributed by atoms with Gasteiger partial charge in [0.25, 0.3) is 5.91 Å². The molecule has 2 rings (SSSR count). The number of nitrogens with zero attached hydrogens (tertiary/aromatic N) is 3. The van der Waals surface area contributed by atoms with Crippen LogP contribution in [0.2, 0.25) is 0 Å². The molecular weight excluding hydrogens is 214 g/mol. The Kier molecular flexibility index (Phi) is 3.22. The highest BCUT2D eigenvalue weighted by Gasteiger charge is 2.26. The summed E-state index contributed by atoms with van der Waals surface area (Å²) >= 11 is 0. The molecule has 1 aliphatic heterocycles. The van der Waals surface area contributed by atoms with Gasteiger partial charge in [-0.25, -0.2) is 4.98 Å². The Morgan fingerprint density at radius 3 is 2.88 bits per heavy atom. The summed E-state index contributed by atoms with van der Waals surface area (Å²) < 4.78 is 0. The standard InChI is InChI=1S/C13H17N3O/c1-9(2)6-11-8-13(17)16(15-11)12-7-10(3)4-5-14-12/h4-5,7,9H,6,8H2,1-3H3. The number of anilines is 1. The number of carbonyl (C=O) groups is 1. The zero-order valence-corrected chi connectivity index (χ0v) is 10.5. The van der Waals surface area contributed by atoms with Crippen LogP contribution in [0.5, 0.6) is 0 Å². The van der Waals surface area contributed by atoms with E-state index in [0.29, 0.717) is 18.2 Å². The van der Waals surface area contributed by atoms with Gasteiger partial charge in [-0.05, 0) is 37.0 Å². The minimum absolute atomic E-state index is 0.0127. The van der Waals surface area contributed by atoms with Gasteiger partial charge in [0.05, 0.1) is 6.42 Å². The molecular formula is C13H17N3O. The molecule has 1 aromatic rings. The summed E-state index contributed by atoms with van der Waals surface area (Å²) in [5.41, 5.74) is 2.03. The molecule has 0 bridgehead atoms. The van der Waals surface area contributed by atoms with Gasteiger partial charge in [0, 0.05) is 11.9 Å². The zero-order chi connectivity index (χ0) is 12.4. The number of aromatic nitrogens is 1. The number of carbonyl (C=O) groups excluding carboxylic acids is 1. The van der Waals surface area contributed by atoms with Gasteiger partial charge in [-0.15, -0.1) is 0 Å². The fourth-order valence-electron chi connectivity index (χ4n) is 1.88. The van der Waals surface area contributed by atoms with Crippen molar-refractivity contribution in [1.29, 1.82) is 0 Å². The maximum atomic E-state index is 11.8. The smallest absolute Gasteiger partial charge is 0.254 e. The van der Waals surface area contributed by atoms with Gasteiger partial charge in [0.1, 0.15) is 0 Å². The van der Waals surface area contributed by atoms with Crippen LogP contribution in [-0.2, 0) is 4.79 Å². The van der Waals surface area contributed by atoms with Gasteiger partial charge >= 0.3 is 0 Å². The van der Waals surface area contributed by atoms with Crippen LogP contribution in [-0.4, -0.2) is 16.6 Å². The number of aryl methyl sites for hydroxylation is 1. The molecule has 0 unspecified atom stereocenters. The van der Waals surface area contributed by atoms with E-state index in [4.69, 9.17) is 0 Å². The molecule has 1 aromatic heterocycles. The quantitative estimate of drug-likeness (QED) is 0.802. The average molecular weight is 231 g/mol. The first kappa shape index (κ1) is 11.8. The Labute approximate surface area is 101 Å². The first-order chi connectivity index (χ1) is 8.06. The molecule has 0 spiro atoms. The Bertz CT molecular complexity index is 465. The van der Waals surface area contributed by atoms with Gasteiger partial charge in [0.2, 0.25) is 0 Å². The molecule has 0 radical (unpaired) electrons. The van der Waals surface area contributed by atoms with Crippen LogP contribution < -0.4 is 5.01 Å². The van der Waals surface area contributed by atoms with Crippen molar-refractivity contribution in [3.05, 3.63) is 23.9 Å². The van der Waals surface area contributed by atoms with E-state index in [0.717, 1.165) is 17.7 Å². The second kappa shape index (κ2) is 4.65. The largest absolute Gasteiger partial charge is 0.272 e. The first-order valence-corrected chi connectivity index (χ1v) is 5.88. The van der Waals surface area contributed by atoms with E-state index in [9.17, 15) is 4.79 Å². The maximum absolute atomic E-state index is 11.8. The topological polar surface area (TPSA) is 45.6 Å². The van der Waals surface area contributed by atoms with E-state index < -0.39 is 0 Å². The second-order valence-corrected chi connectivity index (χ2v) is 4.84. The van der Waals surface area contributed by atoms with Crippen LogP contribution in [0.1, 0.15) is 32.3 Å². The molecule has 4 nitrogen and oxygen atoms in total.